The molecule has 0 aliphatic heterocycles. The van der Waals surface area contributed by atoms with E-state index in [-0.39, 0.29) is 5.75 Å². The zero-order valence-corrected chi connectivity index (χ0v) is 16.8. The van der Waals surface area contributed by atoms with Gasteiger partial charge < -0.3 is 42.7 Å². The molecule has 0 bridgehead atoms. The van der Waals surface area contributed by atoms with Gasteiger partial charge >= 0.3 is 11.9 Å². The van der Waals surface area contributed by atoms with Gasteiger partial charge in [0.05, 0.1) is 18.9 Å². The Bertz CT molecular complexity index is 687. The third-order valence-electron chi connectivity index (χ3n) is 3.67. The van der Waals surface area contributed by atoms with Gasteiger partial charge in [0, 0.05) is 5.75 Å². The van der Waals surface area contributed by atoms with Gasteiger partial charge in [-0.3, -0.25) is 24.0 Å². The molecular formula is C15H25N5O9S. The molecular weight excluding hydrogens is 426 g/mol. The van der Waals surface area contributed by atoms with Crippen molar-refractivity contribution in [3.8, 4) is 0 Å². The van der Waals surface area contributed by atoms with Crippen LogP contribution in [0.2, 0.25) is 0 Å². The number of rotatable bonds is 13. The van der Waals surface area contributed by atoms with E-state index in [1.54, 1.807) is 0 Å². The van der Waals surface area contributed by atoms with Crippen LogP contribution in [-0.2, 0) is 28.8 Å². The Labute approximate surface area is 176 Å². The molecule has 170 valence electrons. The maximum atomic E-state index is 12.4. The first-order valence-corrected chi connectivity index (χ1v) is 9.11. The predicted octanol–water partition coefficient (Wildman–Crippen LogP) is -4.49. The molecule has 0 rings (SSSR count). The van der Waals surface area contributed by atoms with E-state index in [1.807, 2.05) is 5.32 Å². The maximum Gasteiger partial charge on any atom is 0.326 e. The number of aliphatic carboxylic acids is 2. The van der Waals surface area contributed by atoms with E-state index in [0.717, 1.165) is 0 Å². The molecule has 14 nitrogen and oxygen atoms in total. The summed E-state index contributed by atoms with van der Waals surface area (Å²) < 4.78 is 0. The summed E-state index contributed by atoms with van der Waals surface area (Å²) in [5, 5.41) is 33.2. The number of amides is 4. The molecule has 0 heterocycles. The van der Waals surface area contributed by atoms with Crippen LogP contribution >= 0.6 is 12.6 Å². The minimum atomic E-state index is -1.76. The second kappa shape index (κ2) is 12.6. The molecule has 0 aromatic heterocycles. The third-order valence-corrected chi connectivity index (χ3v) is 4.03. The number of carbonyl (C=O) groups excluding carboxylic acids is 4. The molecule has 0 radical (unpaired) electrons. The fraction of sp³-hybridized carbons (Fsp3) is 0.600. The minimum absolute atomic E-state index is 0.332. The Morgan fingerprint density at radius 1 is 0.867 bits per heavy atom. The van der Waals surface area contributed by atoms with Crippen molar-refractivity contribution < 1.29 is 44.1 Å². The van der Waals surface area contributed by atoms with E-state index in [2.05, 4.69) is 23.3 Å². The predicted molar refractivity (Wildman–Crippen MR) is 103 cm³/mol. The minimum Gasteiger partial charge on any atom is -0.481 e. The summed E-state index contributed by atoms with van der Waals surface area (Å²) in [5.74, 6) is -7.46. The van der Waals surface area contributed by atoms with Crippen molar-refractivity contribution in [1.29, 1.82) is 0 Å². The Hall–Kier alpha value is -2.91. The van der Waals surface area contributed by atoms with Crippen LogP contribution in [0.15, 0.2) is 0 Å². The molecule has 4 amide bonds. The Kier molecular flexibility index (Phi) is 11.4. The maximum absolute atomic E-state index is 12.4. The smallest absolute Gasteiger partial charge is 0.326 e. The quantitative estimate of drug-likeness (QED) is 0.121. The van der Waals surface area contributed by atoms with Crippen LogP contribution in [0.1, 0.15) is 19.8 Å². The lowest BCUT2D eigenvalue weighted by Crippen LogP contribution is -2.59. The molecule has 0 aromatic carbocycles. The van der Waals surface area contributed by atoms with Crippen LogP contribution in [0, 0.1) is 0 Å². The number of carbonyl (C=O) groups is 6. The first kappa shape index (κ1) is 27.1. The average molecular weight is 451 g/mol. The summed E-state index contributed by atoms with van der Waals surface area (Å²) in [6, 6.07) is -6.16. The van der Waals surface area contributed by atoms with Crippen LogP contribution in [0.3, 0.4) is 0 Å². The summed E-state index contributed by atoms with van der Waals surface area (Å²) in [4.78, 5) is 69.5. The molecule has 5 atom stereocenters. The van der Waals surface area contributed by atoms with Crippen molar-refractivity contribution in [3.05, 3.63) is 0 Å². The number of thiol groups is 1. The molecule has 10 N–H and O–H groups in total. The van der Waals surface area contributed by atoms with Crippen molar-refractivity contribution in [2.75, 3.05) is 5.75 Å². The number of nitrogens with two attached hydrogens (primary N) is 2. The number of primary amides is 1. The molecule has 0 aromatic rings. The fourth-order valence-corrected chi connectivity index (χ4v) is 2.27. The Morgan fingerprint density at radius 2 is 1.33 bits per heavy atom. The number of aliphatic hydroxyl groups excluding tert-OH is 1. The van der Waals surface area contributed by atoms with E-state index < -0.39 is 78.7 Å². The highest BCUT2D eigenvalue weighted by Gasteiger charge is 2.31. The van der Waals surface area contributed by atoms with E-state index in [0.29, 0.717) is 0 Å². The van der Waals surface area contributed by atoms with Crippen LogP contribution in [0.5, 0.6) is 0 Å². The number of nitrogens with one attached hydrogen (secondary N) is 3. The number of aliphatic hydroxyl groups is 1. The largest absolute Gasteiger partial charge is 0.481 e. The highest BCUT2D eigenvalue weighted by molar-refractivity contribution is 7.80. The fourth-order valence-electron chi connectivity index (χ4n) is 2.01. The zero-order chi connectivity index (χ0) is 23.6. The topological polar surface area (TPSA) is 251 Å². The van der Waals surface area contributed by atoms with Gasteiger partial charge in [-0.25, -0.2) is 4.79 Å². The molecule has 0 aliphatic carbocycles. The van der Waals surface area contributed by atoms with Crippen LogP contribution in [0.25, 0.3) is 0 Å². The second-order valence-corrected chi connectivity index (χ2v) is 6.60. The molecule has 0 fully saturated rings. The first-order chi connectivity index (χ1) is 13.8. The average Bonchev–Trinajstić information content (AvgIpc) is 2.62. The molecule has 0 aliphatic rings. The van der Waals surface area contributed by atoms with Crippen molar-refractivity contribution in [2.24, 2.45) is 11.5 Å². The second-order valence-electron chi connectivity index (χ2n) is 6.24. The zero-order valence-electron chi connectivity index (χ0n) is 15.9. The molecule has 5 unspecified atom stereocenters. The molecule has 30 heavy (non-hydrogen) atoms. The van der Waals surface area contributed by atoms with Gasteiger partial charge in [-0.1, -0.05) is 0 Å². The normalized spacial score (nSPS) is 15.6. The summed E-state index contributed by atoms with van der Waals surface area (Å²) in [6.45, 7) is 1.23. The summed E-state index contributed by atoms with van der Waals surface area (Å²) in [7, 11) is 0. The number of hydrogen-bond acceptors (Lipinski definition) is 9. The van der Waals surface area contributed by atoms with Crippen molar-refractivity contribution in [3.63, 3.8) is 0 Å². The van der Waals surface area contributed by atoms with Crippen LogP contribution < -0.4 is 27.4 Å². The van der Waals surface area contributed by atoms with E-state index in [4.69, 9.17) is 21.7 Å². The lowest BCUT2D eigenvalue weighted by Gasteiger charge is -2.24. The summed E-state index contributed by atoms with van der Waals surface area (Å²) in [5.41, 5.74) is 10.5. The summed E-state index contributed by atoms with van der Waals surface area (Å²) in [6.07, 6.45) is -2.84. The van der Waals surface area contributed by atoms with Gasteiger partial charge in [-0.05, 0) is 6.92 Å². The van der Waals surface area contributed by atoms with Gasteiger partial charge in [0.15, 0.2) is 0 Å². The van der Waals surface area contributed by atoms with Gasteiger partial charge in [0.2, 0.25) is 23.6 Å². The molecule has 0 saturated carbocycles. The molecule has 0 saturated heterocycles. The Morgan fingerprint density at radius 3 is 1.73 bits per heavy atom. The van der Waals surface area contributed by atoms with E-state index >= 15 is 0 Å². The van der Waals surface area contributed by atoms with E-state index in [1.165, 1.54) is 6.92 Å². The van der Waals surface area contributed by atoms with Gasteiger partial charge in [-0.15, -0.1) is 0 Å². The summed E-state index contributed by atoms with van der Waals surface area (Å²) >= 11 is 3.87. The molecule has 15 heteroatoms. The SMILES string of the molecule is CC(O)C(N)C(=O)NC(CC(N)=O)C(=O)NC(CS)C(=O)NC(CC(=O)O)C(=O)O. The lowest BCUT2D eigenvalue weighted by atomic mass is 10.1. The van der Waals surface area contributed by atoms with Crippen molar-refractivity contribution >= 4 is 48.2 Å². The lowest BCUT2D eigenvalue weighted by molar-refractivity contribution is -0.147. The third kappa shape index (κ3) is 9.53. The highest BCUT2D eigenvalue weighted by Crippen LogP contribution is 2.00. The first-order valence-electron chi connectivity index (χ1n) is 8.48. The number of hydrogen-bond donors (Lipinski definition) is 9. The number of carboxylic acids is 2. The van der Waals surface area contributed by atoms with E-state index in [9.17, 15) is 33.9 Å². The van der Waals surface area contributed by atoms with Gasteiger partial charge in [-0.2, -0.15) is 12.6 Å². The van der Waals surface area contributed by atoms with Crippen LogP contribution in [-0.4, -0.2) is 86.9 Å². The Balaban J connectivity index is 5.29. The van der Waals surface area contributed by atoms with Gasteiger partial charge in [0.1, 0.15) is 24.2 Å². The highest BCUT2D eigenvalue weighted by atomic mass is 32.1. The molecule has 0 spiro atoms. The monoisotopic (exact) mass is 451 g/mol. The van der Waals surface area contributed by atoms with Gasteiger partial charge in [0.25, 0.3) is 0 Å². The van der Waals surface area contributed by atoms with Crippen LogP contribution in [0.4, 0.5) is 0 Å². The van der Waals surface area contributed by atoms with Crippen molar-refractivity contribution in [2.45, 2.75) is 50.0 Å². The van der Waals surface area contributed by atoms with Crippen molar-refractivity contribution in [1.82, 2.24) is 16.0 Å². The number of carboxylic acid groups (broad SMARTS) is 2. The standard InChI is InChI=1S/C15H25N5O9S/c1-5(21)11(17)14(27)18-6(2-9(16)22)12(25)20-8(4-30)13(26)19-7(15(28)29)3-10(23)24/h5-8,11,21,30H,2-4,17H2,1H3,(H2,16,22)(H,18,27)(H,19,26)(H,20,25)(H,23,24)(H,28,29).